The van der Waals surface area contributed by atoms with Crippen LogP contribution in [-0.4, -0.2) is 30.1 Å². The maximum atomic E-state index is 12.9. The summed E-state index contributed by atoms with van der Waals surface area (Å²) < 4.78 is 82.9. The SMILES string of the molecule is NC(=O)c1ccc(Oc2ccc(C(F)(F)F)cc2)cc1/C(=C/c1ccc(C(F)(F)F)cc1)C(=O)NCCO. The van der Waals surface area contributed by atoms with Gasteiger partial charge in [0.2, 0.25) is 5.91 Å². The van der Waals surface area contributed by atoms with Gasteiger partial charge in [0.05, 0.1) is 17.7 Å². The van der Waals surface area contributed by atoms with Gasteiger partial charge in [-0.05, 0) is 66.2 Å². The highest BCUT2D eigenvalue weighted by molar-refractivity contribution is 6.26. The smallest absolute Gasteiger partial charge is 0.416 e. The predicted molar refractivity (Wildman–Crippen MR) is 126 cm³/mol. The minimum Gasteiger partial charge on any atom is -0.457 e. The third-order valence-electron chi connectivity index (χ3n) is 5.16. The Morgan fingerprint density at radius 3 is 1.84 bits per heavy atom. The molecule has 0 heterocycles. The third-order valence-corrected chi connectivity index (χ3v) is 5.16. The Hall–Kier alpha value is -4.32. The molecule has 0 saturated carbocycles. The van der Waals surface area contributed by atoms with Crippen molar-refractivity contribution >= 4 is 23.5 Å². The van der Waals surface area contributed by atoms with Crippen molar-refractivity contribution < 1.29 is 45.8 Å². The predicted octanol–water partition coefficient (Wildman–Crippen LogP) is 5.26. The molecule has 0 radical (unpaired) electrons. The molecule has 12 heteroatoms. The van der Waals surface area contributed by atoms with Crippen LogP contribution < -0.4 is 15.8 Å². The molecule has 6 nitrogen and oxygen atoms in total. The molecule has 0 aliphatic rings. The lowest BCUT2D eigenvalue weighted by molar-refractivity contribution is -0.138. The molecule has 0 aromatic heterocycles. The normalized spacial score (nSPS) is 12.2. The number of nitrogens with one attached hydrogen (secondary N) is 1. The van der Waals surface area contributed by atoms with E-state index in [1.165, 1.54) is 24.3 Å². The second-order valence-corrected chi connectivity index (χ2v) is 7.85. The summed E-state index contributed by atoms with van der Waals surface area (Å²) in [6, 6.07) is 11.4. The number of aliphatic hydroxyl groups excluding tert-OH is 1. The van der Waals surface area contributed by atoms with Crippen molar-refractivity contribution in [3.05, 3.63) is 94.5 Å². The number of carbonyl (C=O) groups excluding carboxylic acids is 2. The molecule has 4 N–H and O–H groups in total. The summed E-state index contributed by atoms with van der Waals surface area (Å²) in [6.07, 6.45) is -7.90. The number of ether oxygens (including phenoxy) is 1. The lowest BCUT2D eigenvalue weighted by atomic mass is 9.95. The summed E-state index contributed by atoms with van der Waals surface area (Å²) in [6.45, 7) is -0.587. The first-order valence-corrected chi connectivity index (χ1v) is 10.9. The van der Waals surface area contributed by atoms with Gasteiger partial charge in [-0.2, -0.15) is 26.3 Å². The zero-order chi connectivity index (χ0) is 28.1. The summed E-state index contributed by atoms with van der Waals surface area (Å²) in [5, 5.41) is 11.5. The molecule has 0 fully saturated rings. The largest absolute Gasteiger partial charge is 0.457 e. The number of halogens is 6. The lowest BCUT2D eigenvalue weighted by Gasteiger charge is -2.15. The third kappa shape index (κ3) is 7.13. The van der Waals surface area contributed by atoms with Crippen LogP contribution in [-0.2, 0) is 17.1 Å². The fourth-order valence-electron chi connectivity index (χ4n) is 3.34. The summed E-state index contributed by atoms with van der Waals surface area (Å²) in [4.78, 5) is 25.1. The number of primary amides is 1. The first-order valence-electron chi connectivity index (χ1n) is 10.9. The van der Waals surface area contributed by atoms with Crippen LogP contribution in [0.1, 0.15) is 32.6 Å². The van der Waals surface area contributed by atoms with E-state index in [0.29, 0.717) is 0 Å². The maximum Gasteiger partial charge on any atom is 0.416 e. The van der Waals surface area contributed by atoms with Crippen molar-refractivity contribution in [1.29, 1.82) is 0 Å². The fourth-order valence-corrected chi connectivity index (χ4v) is 3.34. The van der Waals surface area contributed by atoms with E-state index >= 15 is 0 Å². The molecule has 0 bridgehead atoms. The van der Waals surface area contributed by atoms with Gasteiger partial charge >= 0.3 is 12.4 Å². The molecule has 3 rings (SSSR count). The highest BCUT2D eigenvalue weighted by Crippen LogP contribution is 2.34. The minimum atomic E-state index is -4.58. The molecule has 3 aromatic rings. The van der Waals surface area contributed by atoms with Gasteiger partial charge in [-0.1, -0.05) is 12.1 Å². The number of benzene rings is 3. The summed E-state index contributed by atoms with van der Waals surface area (Å²) >= 11 is 0. The molecule has 200 valence electrons. The summed E-state index contributed by atoms with van der Waals surface area (Å²) in [7, 11) is 0. The Balaban J connectivity index is 2.07. The average Bonchev–Trinajstić information content (AvgIpc) is 2.85. The van der Waals surface area contributed by atoms with Gasteiger partial charge in [0.25, 0.3) is 5.91 Å². The lowest BCUT2D eigenvalue weighted by Crippen LogP contribution is -2.28. The quantitative estimate of drug-likeness (QED) is 0.207. The molecular weight excluding hydrogens is 518 g/mol. The standard InChI is InChI=1S/C26H20F6N2O4/c27-25(28,29)16-3-1-15(2-4-16)13-22(24(37)34-11-12-35)21-14-19(9-10-20(21)23(33)36)38-18-7-5-17(6-8-18)26(30,31)32/h1-10,13-14,35H,11-12H2,(H2,33,36)(H,34,37)/b22-13-. The highest BCUT2D eigenvalue weighted by atomic mass is 19.4. The second kappa shape index (κ2) is 11.4. The molecule has 0 aliphatic carbocycles. The Morgan fingerprint density at radius 1 is 0.816 bits per heavy atom. The van der Waals surface area contributed by atoms with Crippen LogP contribution in [0.4, 0.5) is 26.3 Å². The van der Waals surface area contributed by atoms with E-state index in [4.69, 9.17) is 15.6 Å². The van der Waals surface area contributed by atoms with E-state index in [0.717, 1.165) is 48.5 Å². The Kier molecular flexibility index (Phi) is 8.46. The molecule has 0 atom stereocenters. The van der Waals surface area contributed by atoms with Crippen LogP contribution in [0.2, 0.25) is 0 Å². The van der Waals surface area contributed by atoms with E-state index in [-0.39, 0.29) is 40.3 Å². The topological polar surface area (TPSA) is 102 Å². The molecule has 0 saturated heterocycles. The number of aliphatic hydroxyl groups is 1. The van der Waals surface area contributed by atoms with E-state index in [1.807, 2.05) is 0 Å². The van der Waals surface area contributed by atoms with Crippen molar-refractivity contribution in [3.63, 3.8) is 0 Å². The van der Waals surface area contributed by atoms with E-state index < -0.39 is 41.9 Å². The number of nitrogens with two attached hydrogens (primary N) is 1. The average molecular weight is 538 g/mol. The van der Waals surface area contributed by atoms with Gasteiger partial charge in [-0.15, -0.1) is 0 Å². The number of hydrogen-bond donors (Lipinski definition) is 3. The van der Waals surface area contributed by atoms with E-state index in [9.17, 15) is 35.9 Å². The van der Waals surface area contributed by atoms with E-state index in [1.54, 1.807) is 0 Å². The van der Waals surface area contributed by atoms with Gasteiger partial charge in [0.15, 0.2) is 0 Å². The Bertz CT molecular complexity index is 1330. The Morgan fingerprint density at radius 2 is 1.34 bits per heavy atom. The monoisotopic (exact) mass is 538 g/mol. The van der Waals surface area contributed by atoms with Crippen LogP contribution in [0, 0.1) is 0 Å². The minimum absolute atomic E-state index is 0.0220. The number of rotatable bonds is 8. The van der Waals surface area contributed by atoms with Crippen molar-refractivity contribution in [3.8, 4) is 11.5 Å². The number of hydrogen-bond acceptors (Lipinski definition) is 4. The second-order valence-electron chi connectivity index (χ2n) is 7.85. The molecule has 0 unspecified atom stereocenters. The van der Waals surface area contributed by atoms with Gasteiger partial charge in [-0.3, -0.25) is 9.59 Å². The molecule has 0 aliphatic heterocycles. The zero-order valence-corrected chi connectivity index (χ0v) is 19.4. The van der Waals surface area contributed by atoms with Crippen molar-refractivity contribution in [2.75, 3.05) is 13.2 Å². The fraction of sp³-hybridized carbons (Fsp3) is 0.154. The van der Waals surface area contributed by atoms with Crippen LogP contribution in [0.3, 0.4) is 0 Å². The summed E-state index contributed by atoms with van der Waals surface area (Å²) in [5.41, 5.74) is 3.45. The molecule has 2 amide bonds. The molecular formula is C26H20F6N2O4. The van der Waals surface area contributed by atoms with Crippen LogP contribution in [0.15, 0.2) is 66.7 Å². The number of alkyl halides is 6. The maximum absolute atomic E-state index is 12.9. The number of amides is 2. The number of carbonyl (C=O) groups is 2. The van der Waals surface area contributed by atoms with E-state index in [2.05, 4.69) is 5.32 Å². The molecule has 3 aromatic carbocycles. The first-order chi connectivity index (χ1) is 17.8. The van der Waals surface area contributed by atoms with Crippen molar-refractivity contribution in [1.82, 2.24) is 5.32 Å². The van der Waals surface area contributed by atoms with Gasteiger partial charge in [-0.25, -0.2) is 0 Å². The van der Waals surface area contributed by atoms with Gasteiger partial charge < -0.3 is 20.9 Å². The Labute approximate surface area is 212 Å². The molecule has 0 spiro atoms. The van der Waals surface area contributed by atoms with Crippen LogP contribution in [0.5, 0.6) is 11.5 Å². The van der Waals surface area contributed by atoms with Crippen molar-refractivity contribution in [2.45, 2.75) is 12.4 Å². The van der Waals surface area contributed by atoms with Gasteiger partial charge in [0.1, 0.15) is 11.5 Å². The molecule has 38 heavy (non-hydrogen) atoms. The highest BCUT2D eigenvalue weighted by Gasteiger charge is 2.31. The van der Waals surface area contributed by atoms with Crippen molar-refractivity contribution in [2.24, 2.45) is 5.73 Å². The summed E-state index contributed by atoms with van der Waals surface area (Å²) in [5.74, 6) is -1.67. The van der Waals surface area contributed by atoms with Gasteiger partial charge in [0, 0.05) is 23.2 Å². The zero-order valence-electron chi connectivity index (χ0n) is 19.4. The van der Waals surface area contributed by atoms with Crippen LogP contribution in [0.25, 0.3) is 11.6 Å². The first kappa shape index (κ1) is 28.3. The van der Waals surface area contributed by atoms with Crippen LogP contribution >= 0.6 is 0 Å².